The smallest absolute Gasteiger partial charge is 0.0473 e. The molecule has 0 bridgehead atoms. The molecule has 2 saturated heterocycles. The lowest BCUT2D eigenvalue weighted by Gasteiger charge is -2.47. The van der Waals surface area contributed by atoms with Gasteiger partial charge in [-0.3, -0.25) is 4.90 Å². The summed E-state index contributed by atoms with van der Waals surface area (Å²) in [5.74, 6) is 0. The number of likely N-dealkylation sites (N-methyl/N-ethyl adjacent to an activating group) is 1. The summed E-state index contributed by atoms with van der Waals surface area (Å²) in [6.45, 7) is 6.92. The first kappa shape index (κ1) is 13.8. The molecular formula is C16H31N3. The van der Waals surface area contributed by atoms with E-state index in [0.29, 0.717) is 6.04 Å². The van der Waals surface area contributed by atoms with Crippen molar-refractivity contribution < 1.29 is 0 Å². The molecule has 19 heavy (non-hydrogen) atoms. The molecule has 2 unspecified atom stereocenters. The molecule has 2 N–H and O–H groups in total. The van der Waals surface area contributed by atoms with Gasteiger partial charge in [0.2, 0.25) is 0 Å². The molecule has 0 aromatic rings. The highest BCUT2D eigenvalue weighted by molar-refractivity contribution is 5.04. The van der Waals surface area contributed by atoms with Gasteiger partial charge in [0.1, 0.15) is 0 Å². The number of rotatable bonds is 2. The Hall–Kier alpha value is -0.120. The van der Waals surface area contributed by atoms with Gasteiger partial charge in [-0.2, -0.15) is 0 Å². The zero-order chi connectivity index (χ0) is 13.5. The Morgan fingerprint density at radius 2 is 1.74 bits per heavy atom. The van der Waals surface area contributed by atoms with Gasteiger partial charge >= 0.3 is 0 Å². The minimum Gasteiger partial charge on any atom is -0.329 e. The average Bonchev–Trinajstić information content (AvgIpc) is 2.98. The number of nitrogens with two attached hydrogens (primary N) is 1. The van der Waals surface area contributed by atoms with E-state index in [9.17, 15) is 0 Å². The summed E-state index contributed by atoms with van der Waals surface area (Å²) in [6.07, 6.45) is 10.0. The van der Waals surface area contributed by atoms with E-state index in [0.717, 1.165) is 18.5 Å². The standard InChI is InChI=1S/C16H31N3/c1-14-11-16(12-17,13-18(14)2)19-9-7-15(8-10-19)5-3-4-6-15/h14H,3-13,17H2,1-2H3. The van der Waals surface area contributed by atoms with Crippen molar-refractivity contribution in [3.63, 3.8) is 0 Å². The van der Waals surface area contributed by atoms with Crippen molar-refractivity contribution >= 4 is 0 Å². The first-order valence-corrected chi connectivity index (χ1v) is 8.25. The van der Waals surface area contributed by atoms with Crippen LogP contribution >= 0.6 is 0 Å². The molecular weight excluding hydrogens is 234 g/mol. The fourth-order valence-electron chi connectivity index (χ4n) is 4.98. The molecule has 0 amide bonds. The summed E-state index contributed by atoms with van der Waals surface area (Å²) in [5, 5.41) is 0. The van der Waals surface area contributed by atoms with Gasteiger partial charge in [-0.25, -0.2) is 0 Å². The summed E-state index contributed by atoms with van der Waals surface area (Å²) in [6, 6.07) is 0.686. The number of hydrogen-bond donors (Lipinski definition) is 1. The van der Waals surface area contributed by atoms with Crippen LogP contribution in [0.1, 0.15) is 51.9 Å². The lowest BCUT2D eigenvalue weighted by molar-refractivity contribution is 0.0273. The Kier molecular flexibility index (Phi) is 3.65. The van der Waals surface area contributed by atoms with Gasteiger partial charge in [0, 0.05) is 24.7 Å². The van der Waals surface area contributed by atoms with Gasteiger partial charge in [0.05, 0.1) is 0 Å². The molecule has 2 heterocycles. The normalized spacial score (nSPS) is 40.3. The predicted octanol–water partition coefficient (Wildman–Crippen LogP) is 2.06. The van der Waals surface area contributed by atoms with Crippen molar-refractivity contribution in [3.8, 4) is 0 Å². The van der Waals surface area contributed by atoms with Crippen molar-refractivity contribution in [1.29, 1.82) is 0 Å². The number of piperidine rings is 1. The quantitative estimate of drug-likeness (QED) is 0.829. The van der Waals surface area contributed by atoms with E-state index in [-0.39, 0.29) is 5.54 Å². The Morgan fingerprint density at radius 3 is 2.21 bits per heavy atom. The first-order valence-electron chi connectivity index (χ1n) is 8.25. The summed E-state index contributed by atoms with van der Waals surface area (Å²) in [5.41, 5.74) is 7.20. The van der Waals surface area contributed by atoms with Crippen LogP contribution in [0.4, 0.5) is 0 Å². The minimum absolute atomic E-state index is 0.272. The fourth-order valence-corrected chi connectivity index (χ4v) is 4.98. The van der Waals surface area contributed by atoms with E-state index in [2.05, 4.69) is 23.8 Å². The third-order valence-corrected chi connectivity index (χ3v) is 6.51. The molecule has 0 radical (unpaired) electrons. The Labute approximate surface area is 118 Å². The van der Waals surface area contributed by atoms with E-state index < -0.39 is 0 Å². The monoisotopic (exact) mass is 265 g/mol. The Morgan fingerprint density at radius 1 is 1.11 bits per heavy atom. The molecule has 1 saturated carbocycles. The lowest BCUT2D eigenvalue weighted by Crippen LogP contribution is -2.58. The average molecular weight is 265 g/mol. The Bertz CT molecular complexity index is 302. The highest BCUT2D eigenvalue weighted by Crippen LogP contribution is 2.47. The lowest BCUT2D eigenvalue weighted by atomic mass is 9.75. The molecule has 2 aliphatic heterocycles. The van der Waals surface area contributed by atoms with Crippen molar-refractivity contribution in [2.24, 2.45) is 11.1 Å². The predicted molar refractivity (Wildman–Crippen MR) is 80.2 cm³/mol. The van der Waals surface area contributed by atoms with Crippen molar-refractivity contribution in [3.05, 3.63) is 0 Å². The van der Waals surface area contributed by atoms with Crippen LogP contribution in [0.25, 0.3) is 0 Å². The minimum atomic E-state index is 0.272. The maximum atomic E-state index is 6.20. The topological polar surface area (TPSA) is 32.5 Å². The molecule has 1 spiro atoms. The molecule has 0 aromatic carbocycles. The highest BCUT2D eigenvalue weighted by Gasteiger charge is 2.47. The molecule has 1 aliphatic carbocycles. The van der Waals surface area contributed by atoms with Gasteiger partial charge in [0.15, 0.2) is 0 Å². The first-order chi connectivity index (χ1) is 9.09. The molecule has 3 fully saturated rings. The molecule has 3 heteroatoms. The second kappa shape index (κ2) is 5.01. The van der Waals surface area contributed by atoms with E-state index in [1.54, 1.807) is 0 Å². The summed E-state index contributed by atoms with van der Waals surface area (Å²) < 4.78 is 0. The van der Waals surface area contributed by atoms with Crippen LogP contribution in [0.15, 0.2) is 0 Å². The van der Waals surface area contributed by atoms with Gasteiger partial charge in [-0.05, 0) is 64.6 Å². The second-order valence-electron chi connectivity index (χ2n) is 7.59. The molecule has 110 valence electrons. The van der Waals surface area contributed by atoms with Crippen LogP contribution in [-0.4, -0.2) is 54.6 Å². The fraction of sp³-hybridized carbons (Fsp3) is 1.00. The molecule has 3 nitrogen and oxygen atoms in total. The maximum absolute atomic E-state index is 6.20. The molecule has 3 rings (SSSR count). The second-order valence-corrected chi connectivity index (χ2v) is 7.59. The van der Waals surface area contributed by atoms with Crippen molar-refractivity contribution in [1.82, 2.24) is 9.80 Å². The van der Waals surface area contributed by atoms with Crippen LogP contribution in [0.3, 0.4) is 0 Å². The van der Waals surface area contributed by atoms with Gasteiger partial charge in [-0.15, -0.1) is 0 Å². The van der Waals surface area contributed by atoms with Gasteiger partial charge in [-0.1, -0.05) is 12.8 Å². The third kappa shape index (κ3) is 2.34. The van der Waals surface area contributed by atoms with E-state index in [1.165, 1.54) is 58.0 Å². The number of hydrogen-bond acceptors (Lipinski definition) is 3. The van der Waals surface area contributed by atoms with E-state index in [1.807, 2.05) is 0 Å². The molecule has 0 aromatic heterocycles. The SMILES string of the molecule is CC1CC(CN)(N2CCC3(CCCC3)CC2)CN1C. The zero-order valence-electron chi connectivity index (χ0n) is 12.8. The maximum Gasteiger partial charge on any atom is 0.0473 e. The van der Waals surface area contributed by atoms with E-state index >= 15 is 0 Å². The van der Waals surface area contributed by atoms with Crippen molar-refractivity contribution in [2.75, 3.05) is 33.2 Å². The van der Waals surface area contributed by atoms with E-state index in [4.69, 9.17) is 5.73 Å². The van der Waals surface area contributed by atoms with Gasteiger partial charge < -0.3 is 10.6 Å². The third-order valence-electron chi connectivity index (χ3n) is 6.51. The summed E-state index contributed by atoms with van der Waals surface area (Å²) in [4.78, 5) is 5.24. The van der Waals surface area contributed by atoms with Gasteiger partial charge in [0.25, 0.3) is 0 Å². The zero-order valence-corrected chi connectivity index (χ0v) is 12.8. The highest BCUT2D eigenvalue weighted by atomic mass is 15.3. The van der Waals surface area contributed by atoms with Crippen LogP contribution < -0.4 is 5.73 Å². The van der Waals surface area contributed by atoms with Crippen LogP contribution in [0.5, 0.6) is 0 Å². The van der Waals surface area contributed by atoms with Crippen LogP contribution in [0.2, 0.25) is 0 Å². The molecule has 3 aliphatic rings. The largest absolute Gasteiger partial charge is 0.329 e. The van der Waals surface area contributed by atoms with Crippen molar-refractivity contribution in [2.45, 2.75) is 63.5 Å². The van der Waals surface area contributed by atoms with Crippen LogP contribution in [0, 0.1) is 5.41 Å². The summed E-state index contributed by atoms with van der Waals surface area (Å²) >= 11 is 0. The Balaban J connectivity index is 1.66. The molecule has 2 atom stereocenters. The number of nitrogens with zero attached hydrogens (tertiary/aromatic N) is 2. The van der Waals surface area contributed by atoms with Crippen LogP contribution in [-0.2, 0) is 0 Å². The number of likely N-dealkylation sites (tertiary alicyclic amines) is 2. The summed E-state index contributed by atoms with van der Waals surface area (Å²) in [7, 11) is 2.25.